The Labute approximate surface area is 117 Å². The third-order valence-corrected chi connectivity index (χ3v) is 2.58. The summed E-state index contributed by atoms with van der Waals surface area (Å²) in [6.45, 7) is 9.21. The molecule has 0 saturated heterocycles. The predicted molar refractivity (Wildman–Crippen MR) is 79.7 cm³/mol. The zero-order chi connectivity index (χ0) is 14.3. The van der Waals surface area contributed by atoms with Gasteiger partial charge in [0.05, 0.1) is 0 Å². The van der Waals surface area contributed by atoms with Gasteiger partial charge in [-0.05, 0) is 19.4 Å². The van der Waals surface area contributed by atoms with Crippen LogP contribution in [-0.4, -0.2) is 12.5 Å². The maximum absolute atomic E-state index is 10.2. The second kappa shape index (κ2) is 12.8. The minimum absolute atomic E-state index is 0.109. The first kappa shape index (κ1) is 17.4. The van der Waals surface area contributed by atoms with E-state index in [9.17, 15) is 4.79 Å². The fourth-order valence-corrected chi connectivity index (χ4v) is 1.55. The van der Waals surface area contributed by atoms with Crippen molar-refractivity contribution in [1.29, 1.82) is 0 Å². The molecular weight excluding hydrogens is 236 g/mol. The molecule has 0 aromatic carbocycles. The molecule has 0 atom stereocenters. The number of nitrogens with one attached hydrogen (secondary N) is 1. The maximum Gasteiger partial charge on any atom is 0.243 e. The zero-order valence-corrected chi connectivity index (χ0v) is 12.3. The van der Waals surface area contributed by atoms with Crippen LogP contribution in [0.15, 0.2) is 43.2 Å². The maximum atomic E-state index is 10.2. The number of rotatable bonds is 7. The van der Waals surface area contributed by atoms with E-state index in [1.165, 1.54) is 38.3 Å². The molecule has 0 bridgehead atoms. The number of likely N-dealkylation sites (N-methyl/N-ethyl adjacent to an activating group) is 1. The average Bonchev–Trinajstić information content (AvgIpc) is 2.46. The van der Waals surface area contributed by atoms with E-state index in [4.69, 9.17) is 0 Å². The van der Waals surface area contributed by atoms with E-state index in [2.05, 4.69) is 54.0 Å². The smallest absolute Gasteiger partial charge is 0.243 e. The topological polar surface area (TPSA) is 33.0 Å². The molecule has 1 rings (SSSR count). The number of amides is 1. The Morgan fingerprint density at radius 1 is 1.16 bits per heavy atom. The van der Waals surface area contributed by atoms with Gasteiger partial charge in [-0.2, -0.15) is 0 Å². The van der Waals surface area contributed by atoms with Crippen LogP contribution < -0.4 is 9.88 Å². The SMILES string of the molecule is C=CC(=O)NCC.CCCCCC[n+]1ccccc1. The Hall–Kier alpha value is -1.64. The number of unbranched alkanes of at least 4 members (excludes halogenated alkanes) is 3. The second-order valence-electron chi connectivity index (χ2n) is 4.27. The minimum atomic E-state index is -0.109. The van der Waals surface area contributed by atoms with Crippen LogP contribution in [0.2, 0.25) is 0 Å². The van der Waals surface area contributed by atoms with Gasteiger partial charge in [0, 0.05) is 25.1 Å². The summed E-state index contributed by atoms with van der Waals surface area (Å²) in [5.41, 5.74) is 0. The summed E-state index contributed by atoms with van der Waals surface area (Å²) in [5, 5.41) is 2.54. The van der Waals surface area contributed by atoms with Gasteiger partial charge in [0.25, 0.3) is 0 Å². The molecule has 1 heterocycles. The Morgan fingerprint density at radius 2 is 1.84 bits per heavy atom. The molecule has 0 fully saturated rings. The molecule has 1 amide bonds. The quantitative estimate of drug-likeness (QED) is 0.458. The highest BCUT2D eigenvalue weighted by Crippen LogP contribution is 1.97. The summed E-state index contributed by atoms with van der Waals surface area (Å²) in [7, 11) is 0. The summed E-state index contributed by atoms with van der Waals surface area (Å²) in [4.78, 5) is 10.2. The van der Waals surface area contributed by atoms with Gasteiger partial charge in [0.2, 0.25) is 5.91 Å². The number of nitrogens with zero attached hydrogens (tertiary/aromatic N) is 1. The zero-order valence-electron chi connectivity index (χ0n) is 12.3. The van der Waals surface area contributed by atoms with Gasteiger partial charge in [-0.15, -0.1) is 0 Å². The first-order chi connectivity index (χ1) is 9.24. The van der Waals surface area contributed by atoms with Crippen LogP contribution in [0, 0.1) is 0 Å². The summed E-state index contributed by atoms with van der Waals surface area (Å²) in [5.74, 6) is -0.109. The summed E-state index contributed by atoms with van der Waals surface area (Å²) >= 11 is 0. The van der Waals surface area contributed by atoms with Crippen molar-refractivity contribution in [3.05, 3.63) is 43.2 Å². The normalized spacial score (nSPS) is 9.16. The van der Waals surface area contributed by atoms with Crippen molar-refractivity contribution >= 4 is 5.91 Å². The van der Waals surface area contributed by atoms with Crippen molar-refractivity contribution in [2.24, 2.45) is 0 Å². The highest BCUT2D eigenvalue weighted by atomic mass is 16.1. The minimum Gasteiger partial charge on any atom is -0.353 e. The number of hydrogen-bond acceptors (Lipinski definition) is 1. The van der Waals surface area contributed by atoms with E-state index < -0.39 is 0 Å². The van der Waals surface area contributed by atoms with E-state index in [0.29, 0.717) is 6.54 Å². The van der Waals surface area contributed by atoms with Gasteiger partial charge in [-0.25, -0.2) is 4.57 Å². The van der Waals surface area contributed by atoms with Crippen molar-refractivity contribution in [3.8, 4) is 0 Å². The molecule has 3 nitrogen and oxygen atoms in total. The largest absolute Gasteiger partial charge is 0.353 e. The lowest BCUT2D eigenvalue weighted by Gasteiger charge is -1.95. The molecule has 0 saturated carbocycles. The van der Waals surface area contributed by atoms with Gasteiger partial charge in [-0.1, -0.05) is 32.4 Å². The summed E-state index contributed by atoms with van der Waals surface area (Å²) in [6.07, 6.45) is 10.9. The Balaban J connectivity index is 0.000000399. The molecule has 0 aliphatic heterocycles. The van der Waals surface area contributed by atoms with Gasteiger partial charge in [0.1, 0.15) is 6.54 Å². The number of hydrogen-bond donors (Lipinski definition) is 1. The van der Waals surface area contributed by atoms with Crippen LogP contribution >= 0.6 is 0 Å². The molecule has 0 unspecified atom stereocenters. The van der Waals surface area contributed by atoms with Gasteiger partial charge in [0.15, 0.2) is 12.4 Å². The number of aromatic nitrogens is 1. The Kier molecular flexibility index (Phi) is 11.7. The average molecular weight is 263 g/mol. The lowest BCUT2D eigenvalue weighted by Crippen LogP contribution is -2.32. The van der Waals surface area contributed by atoms with Crippen LogP contribution in [0.5, 0.6) is 0 Å². The van der Waals surface area contributed by atoms with Crippen LogP contribution in [0.4, 0.5) is 0 Å². The highest BCUT2D eigenvalue weighted by Gasteiger charge is 1.95. The summed E-state index contributed by atoms with van der Waals surface area (Å²) in [6, 6.07) is 6.22. The van der Waals surface area contributed by atoms with Gasteiger partial charge >= 0.3 is 0 Å². The van der Waals surface area contributed by atoms with Gasteiger partial charge < -0.3 is 5.32 Å². The second-order valence-corrected chi connectivity index (χ2v) is 4.27. The fourth-order valence-electron chi connectivity index (χ4n) is 1.55. The number of aryl methyl sites for hydroxylation is 1. The Bertz CT molecular complexity index is 336. The molecule has 0 radical (unpaired) electrons. The summed E-state index contributed by atoms with van der Waals surface area (Å²) < 4.78 is 2.25. The molecule has 3 heteroatoms. The van der Waals surface area contributed by atoms with Crippen molar-refractivity contribution in [3.63, 3.8) is 0 Å². The number of carbonyl (C=O) groups excluding carboxylic acids is 1. The van der Waals surface area contributed by atoms with Crippen LogP contribution in [0.25, 0.3) is 0 Å². The lowest BCUT2D eigenvalue weighted by molar-refractivity contribution is -0.697. The van der Waals surface area contributed by atoms with Crippen molar-refractivity contribution in [2.45, 2.75) is 46.1 Å². The standard InChI is InChI=1S/C11H18N.C5H9NO/c1-2-3-4-6-9-12-10-7-5-8-11-12;1-3-5(7)6-4-2/h5,7-8,10-11H,2-4,6,9H2,1H3;3H,1,4H2,2H3,(H,6,7)/q+1;. The molecule has 19 heavy (non-hydrogen) atoms. The van der Waals surface area contributed by atoms with E-state index in [1.54, 1.807) is 0 Å². The molecule has 106 valence electrons. The molecule has 1 aromatic heterocycles. The first-order valence-electron chi connectivity index (χ1n) is 7.08. The number of carbonyl (C=O) groups is 1. The van der Waals surface area contributed by atoms with E-state index >= 15 is 0 Å². The van der Waals surface area contributed by atoms with E-state index in [0.717, 1.165) is 0 Å². The van der Waals surface area contributed by atoms with Gasteiger partial charge in [-0.3, -0.25) is 4.79 Å². The third-order valence-electron chi connectivity index (χ3n) is 2.58. The van der Waals surface area contributed by atoms with Crippen molar-refractivity contribution in [2.75, 3.05) is 6.54 Å². The molecule has 0 aliphatic rings. The van der Waals surface area contributed by atoms with Crippen molar-refractivity contribution in [1.82, 2.24) is 5.32 Å². The lowest BCUT2D eigenvalue weighted by atomic mass is 10.2. The van der Waals surface area contributed by atoms with E-state index in [1.807, 2.05) is 6.92 Å². The molecule has 0 aliphatic carbocycles. The number of pyridine rings is 1. The first-order valence-corrected chi connectivity index (χ1v) is 7.08. The highest BCUT2D eigenvalue weighted by molar-refractivity contribution is 5.86. The molecular formula is C16H27N2O+. The molecule has 0 spiro atoms. The van der Waals surface area contributed by atoms with Crippen LogP contribution in [0.1, 0.15) is 39.5 Å². The van der Waals surface area contributed by atoms with Crippen molar-refractivity contribution < 1.29 is 9.36 Å². The molecule has 1 N–H and O–H groups in total. The van der Waals surface area contributed by atoms with Crippen LogP contribution in [0.3, 0.4) is 0 Å². The monoisotopic (exact) mass is 263 g/mol. The predicted octanol–water partition coefficient (Wildman–Crippen LogP) is 2.86. The Morgan fingerprint density at radius 3 is 2.32 bits per heavy atom. The van der Waals surface area contributed by atoms with Crippen LogP contribution in [-0.2, 0) is 11.3 Å². The third kappa shape index (κ3) is 11.2. The molecule has 1 aromatic rings. The fraction of sp³-hybridized carbons (Fsp3) is 0.500. The van der Waals surface area contributed by atoms with E-state index in [-0.39, 0.29) is 5.91 Å².